The summed E-state index contributed by atoms with van der Waals surface area (Å²) in [6.07, 6.45) is -4.23. The quantitative estimate of drug-likeness (QED) is 0.203. The van der Waals surface area contributed by atoms with E-state index in [1.54, 1.807) is 0 Å². The number of esters is 1. The molecule has 2 aromatic carbocycles. The Hall–Kier alpha value is -3.35. The smallest absolute Gasteiger partial charge is 0.330 e. The average molecular weight is 476 g/mol. The molecule has 4 rings (SSSR count). The van der Waals surface area contributed by atoms with Crippen LogP contribution in [0.25, 0.3) is 6.08 Å². The Morgan fingerprint density at radius 2 is 1.65 bits per heavy atom. The van der Waals surface area contributed by atoms with Crippen LogP contribution in [0.1, 0.15) is 17.2 Å². The molecule has 2 aliphatic rings. The van der Waals surface area contributed by atoms with Crippen LogP contribution in [-0.2, 0) is 23.7 Å². The van der Waals surface area contributed by atoms with Crippen molar-refractivity contribution in [2.24, 2.45) is 0 Å². The fourth-order valence-electron chi connectivity index (χ4n) is 3.67. The Kier molecular flexibility index (Phi) is 6.91. The highest BCUT2D eigenvalue weighted by Gasteiger charge is 2.49. The first-order valence-corrected chi connectivity index (χ1v) is 10.4. The summed E-state index contributed by atoms with van der Waals surface area (Å²) < 4.78 is 22.2. The molecule has 2 fully saturated rings. The van der Waals surface area contributed by atoms with Crippen LogP contribution in [0.2, 0.25) is 0 Å². The largest absolute Gasteiger partial charge is 0.504 e. The third kappa shape index (κ3) is 5.08. The Balaban J connectivity index is 1.33. The molecular weight excluding hydrogens is 452 g/mol. The molecule has 11 heteroatoms. The minimum absolute atomic E-state index is 0.0168. The highest BCUT2D eigenvalue weighted by Crippen LogP contribution is 2.36. The summed E-state index contributed by atoms with van der Waals surface area (Å²) in [5.74, 6) is -2.00. The molecule has 6 N–H and O–H groups in total. The monoisotopic (exact) mass is 476 g/mol. The number of phenolic OH excluding ortho intramolecular Hbond substituents is 4. The van der Waals surface area contributed by atoms with Gasteiger partial charge in [-0.3, -0.25) is 0 Å². The number of hydrogen-bond donors (Lipinski definition) is 6. The van der Waals surface area contributed by atoms with Crippen molar-refractivity contribution in [1.29, 1.82) is 0 Å². The summed E-state index contributed by atoms with van der Waals surface area (Å²) in [5, 5.41) is 58.9. The van der Waals surface area contributed by atoms with Crippen LogP contribution in [0.15, 0.2) is 42.5 Å². The number of rotatable bonds is 5. The lowest BCUT2D eigenvalue weighted by Crippen LogP contribution is -2.62. The van der Waals surface area contributed by atoms with Gasteiger partial charge in [0.25, 0.3) is 0 Å². The van der Waals surface area contributed by atoms with Gasteiger partial charge >= 0.3 is 5.97 Å². The van der Waals surface area contributed by atoms with E-state index in [-0.39, 0.29) is 36.2 Å². The first-order chi connectivity index (χ1) is 16.2. The third-order valence-electron chi connectivity index (χ3n) is 5.55. The molecule has 0 aliphatic carbocycles. The van der Waals surface area contributed by atoms with E-state index in [1.807, 2.05) is 0 Å². The van der Waals surface area contributed by atoms with Gasteiger partial charge in [-0.05, 0) is 41.5 Å². The van der Waals surface area contributed by atoms with E-state index < -0.39 is 42.8 Å². The second kappa shape index (κ2) is 9.87. The van der Waals surface area contributed by atoms with Crippen LogP contribution in [0.3, 0.4) is 0 Å². The molecule has 11 nitrogen and oxygen atoms in total. The molecule has 34 heavy (non-hydrogen) atoms. The number of aliphatic hydroxyl groups is 2. The summed E-state index contributed by atoms with van der Waals surface area (Å²) in [6, 6.07) is 8.15. The minimum Gasteiger partial charge on any atom is -0.504 e. The average Bonchev–Trinajstić information content (AvgIpc) is 2.82. The first kappa shape index (κ1) is 23.8. The molecular formula is C23H24O11. The van der Waals surface area contributed by atoms with Crippen molar-refractivity contribution in [2.45, 2.75) is 36.8 Å². The summed E-state index contributed by atoms with van der Waals surface area (Å²) in [7, 11) is 0. The highest BCUT2D eigenvalue weighted by atomic mass is 16.7. The van der Waals surface area contributed by atoms with Gasteiger partial charge in [0.2, 0.25) is 0 Å². The van der Waals surface area contributed by atoms with E-state index in [0.717, 1.165) is 6.08 Å². The summed E-state index contributed by atoms with van der Waals surface area (Å²) in [4.78, 5) is 12.0. The first-order valence-electron chi connectivity index (χ1n) is 10.4. The Labute approximate surface area is 193 Å². The lowest BCUT2D eigenvalue weighted by molar-refractivity contribution is -0.350. The summed E-state index contributed by atoms with van der Waals surface area (Å²) in [6.45, 7) is -0.354. The second-order valence-corrected chi connectivity index (χ2v) is 7.91. The van der Waals surface area contributed by atoms with Gasteiger partial charge in [-0.15, -0.1) is 0 Å². The molecule has 6 atom stereocenters. The number of phenols is 4. The van der Waals surface area contributed by atoms with Crippen molar-refractivity contribution >= 4 is 12.0 Å². The molecule has 0 amide bonds. The number of hydrogen-bond acceptors (Lipinski definition) is 11. The van der Waals surface area contributed by atoms with E-state index in [9.17, 15) is 35.4 Å². The number of aliphatic hydroxyl groups excluding tert-OH is 2. The number of benzene rings is 2. The molecule has 2 aliphatic heterocycles. The Morgan fingerprint density at radius 3 is 2.35 bits per heavy atom. The zero-order valence-electron chi connectivity index (χ0n) is 17.7. The maximum Gasteiger partial charge on any atom is 0.330 e. The van der Waals surface area contributed by atoms with Gasteiger partial charge in [-0.2, -0.15) is 0 Å². The lowest BCUT2D eigenvalue weighted by atomic mass is 9.97. The molecule has 2 aromatic rings. The van der Waals surface area contributed by atoms with Gasteiger partial charge < -0.3 is 49.6 Å². The fraction of sp³-hybridized carbons (Fsp3) is 0.348. The minimum atomic E-state index is -1.44. The molecule has 0 radical (unpaired) electrons. The van der Waals surface area contributed by atoms with Gasteiger partial charge in [-0.25, -0.2) is 4.79 Å². The summed E-state index contributed by atoms with van der Waals surface area (Å²) in [5.41, 5.74) is 0.948. The predicted molar refractivity (Wildman–Crippen MR) is 114 cm³/mol. The number of aromatic hydroxyl groups is 4. The SMILES string of the molecule is O=C(C=Cc1ccc(O)c(O)c1)OC[C@H]1O[C@H]2OC[C@@H](c3ccc(O)c(O)c3)O[C@@H]2[C@@H](O)[C@@H]1O. The molecule has 0 unspecified atom stereocenters. The van der Waals surface area contributed by atoms with Crippen LogP contribution in [-0.4, -0.2) is 80.5 Å². The van der Waals surface area contributed by atoms with E-state index in [4.69, 9.17) is 18.9 Å². The second-order valence-electron chi connectivity index (χ2n) is 7.91. The lowest BCUT2D eigenvalue weighted by Gasteiger charge is -2.46. The Bertz CT molecular complexity index is 1070. The highest BCUT2D eigenvalue weighted by molar-refractivity contribution is 5.87. The van der Waals surface area contributed by atoms with Crippen LogP contribution < -0.4 is 0 Å². The van der Waals surface area contributed by atoms with Crippen LogP contribution in [0.5, 0.6) is 23.0 Å². The number of carbonyl (C=O) groups is 1. The van der Waals surface area contributed by atoms with Crippen LogP contribution in [0, 0.1) is 0 Å². The molecule has 0 spiro atoms. The van der Waals surface area contributed by atoms with E-state index >= 15 is 0 Å². The van der Waals surface area contributed by atoms with Crippen molar-refractivity contribution in [2.75, 3.05) is 13.2 Å². The molecule has 0 aromatic heterocycles. The van der Waals surface area contributed by atoms with Crippen molar-refractivity contribution in [1.82, 2.24) is 0 Å². The summed E-state index contributed by atoms with van der Waals surface area (Å²) >= 11 is 0. The topological polar surface area (TPSA) is 175 Å². The number of fused-ring (bicyclic) bond motifs is 1. The van der Waals surface area contributed by atoms with Crippen molar-refractivity contribution in [3.63, 3.8) is 0 Å². The molecule has 0 bridgehead atoms. The molecule has 182 valence electrons. The van der Waals surface area contributed by atoms with E-state index in [2.05, 4.69) is 0 Å². The predicted octanol–water partition coefficient (Wildman–Crippen LogP) is 0.669. The maximum absolute atomic E-state index is 12.0. The fourth-order valence-corrected chi connectivity index (χ4v) is 3.67. The van der Waals surface area contributed by atoms with Gasteiger partial charge in [0.1, 0.15) is 37.1 Å². The van der Waals surface area contributed by atoms with Crippen molar-refractivity contribution < 1.29 is 54.4 Å². The zero-order chi connectivity index (χ0) is 24.4. The maximum atomic E-state index is 12.0. The van der Waals surface area contributed by atoms with Gasteiger partial charge in [0.15, 0.2) is 29.3 Å². The van der Waals surface area contributed by atoms with Crippen LogP contribution in [0.4, 0.5) is 0 Å². The zero-order valence-corrected chi connectivity index (χ0v) is 17.7. The van der Waals surface area contributed by atoms with E-state index in [0.29, 0.717) is 11.1 Å². The number of ether oxygens (including phenoxy) is 4. The van der Waals surface area contributed by atoms with E-state index in [1.165, 1.54) is 42.5 Å². The van der Waals surface area contributed by atoms with Gasteiger partial charge in [0.05, 0.1) is 6.61 Å². The van der Waals surface area contributed by atoms with Crippen molar-refractivity contribution in [3.05, 3.63) is 53.6 Å². The van der Waals surface area contributed by atoms with Crippen LogP contribution >= 0.6 is 0 Å². The normalized spacial score (nSPS) is 29.0. The molecule has 2 heterocycles. The standard InChI is InChI=1S/C23H24O11/c24-13-4-1-11(7-15(13)26)2-6-19(28)31-10-18-20(29)21(30)22-23(34-18)32-9-17(33-22)12-3-5-14(25)16(27)8-12/h1-8,17-18,20-27,29-30H,9-10H2/t17-,18+,20+,21-,22+,23+/m0/s1. The number of carbonyl (C=O) groups excluding carboxylic acids is 1. The van der Waals surface area contributed by atoms with Crippen molar-refractivity contribution in [3.8, 4) is 23.0 Å². The molecule has 0 saturated carbocycles. The van der Waals surface area contributed by atoms with Gasteiger partial charge in [0, 0.05) is 6.08 Å². The third-order valence-corrected chi connectivity index (χ3v) is 5.55. The molecule has 2 saturated heterocycles. The Morgan fingerprint density at radius 1 is 0.941 bits per heavy atom. The van der Waals surface area contributed by atoms with Gasteiger partial charge in [-0.1, -0.05) is 12.1 Å².